The number of aryl methyl sites for hydroxylation is 1. The maximum Gasteiger partial charge on any atom is 0.230 e. The van der Waals surface area contributed by atoms with Gasteiger partial charge < -0.3 is 14.8 Å². The lowest BCUT2D eigenvalue weighted by atomic mass is 9.89. The lowest BCUT2D eigenvalue weighted by molar-refractivity contribution is -0.119. The first kappa shape index (κ1) is 19.6. The molecule has 5 heteroatoms. The van der Waals surface area contributed by atoms with Gasteiger partial charge >= 0.3 is 0 Å². The second-order valence-corrected chi connectivity index (χ2v) is 8.55. The van der Waals surface area contributed by atoms with Crippen molar-refractivity contribution in [1.82, 2.24) is 5.32 Å². The number of methoxy groups -OCH3 is 1. The summed E-state index contributed by atoms with van der Waals surface area (Å²) in [5.74, 6) is 2.86. The Hall–Kier alpha value is -2.14. The van der Waals surface area contributed by atoms with Crippen molar-refractivity contribution < 1.29 is 14.3 Å². The third-order valence-corrected chi connectivity index (χ3v) is 5.64. The number of benzene rings is 2. The van der Waals surface area contributed by atoms with Crippen LogP contribution in [0.25, 0.3) is 0 Å². The number of nitrogens with one attached hydrogen (secondary N) is 1. The van der Waals surface area contributed by atoms with Crippen molar-refractivity contribution in [3.63, 3.8) is 0 Å². The smallest absolute Gasteiger partial charge is 0.230 e. The molecule has 27 heavy (non-hydrogen) atoms. The van der Waals surface area contributed by atoms with Gasteiger partial charge in [-0.3, -0.25) is 4.79 Å². The lowest BCUT2D eigenvalue weighted by Crippen LogP contribution is -2.41. The molecule has 2 aromatic carbocycles. The summed E-state index contributed by atoms with van der Waals surface area (Å²) in [6.07, 6.45) is 0.737. The van der Waals surface area contributed by atoms with Crippen molar-refractivity contribution >= 4 is 17.7 Å². The molecular weight excluding hydrogens is 358 g/mol. The molecule has 0 saturated heterocycles. The molecule has 0 aliphatic carbocycles. The number of hydrogen-bond acceptors (Lipinski definition) is 4. The van der Waals surface area contributed by atoms with Gasteiger partial charge in [0.25, 0.3) is 0 Å². The van der Waals surface area contributed by atoms with E-state index < -0.39 is 0 Å². The van der Waals surface area contributed by atoms with E-state index in [1.54, 1.807) is 18.9 Å². The van der Waals surface area contributed by atoms with Crippen LogP contribution in [-0.4, -0.2) is 24.4 Å². The Morgan fingerprint density at radius 2 is 2.00 bits per heavy atom. The molecule has 0 spiro atoms. The van der Waals surface area contributed by atoms with Gasteiger partial charge in [0.05, 0.1) is 18.9 Å². The van der Waals surface area contributed by atoms with Crippen LogP contribution in [0.3, 0.4) is 0 Å². The summed E-state index contributed by atoms with van der Waals surface area (Å²) in [5.41, 5.74) is 3.15. The molecule has 0 unspecified atom stereocenters. The van der Waals surface area contributed by atoms with Gasteiger partial charge in [-0.1, -0.05) is 29.8 Å². The molecule has 0 saturated carbocycles. The van der Waals surface area contributed by atoms with Gasteiger partial charge in [0, 0.05) is 23.8 Å². The van der Waals surface area contributed by atoms with Gasteiger partial charge in [0.15, 0.2) is 0 Å². The zero-order chi connectivity index (χ0) is 19.4. The quantitative estimate of drug-likeness (QED) is 0.786. The minimum Gasteiger partial charge on any atom is -0.497 e. The second-order valence-electron chi connectivity index (χ2n) is 7.57. The van der Waals surface area contributed by atoms with Crippen LogP contribution in [0.2, 0.25) is 0 Å². The summed E-state index contributed by atoms with van der Waals surface area (Å²) in [4.78, 5) is 12.5. The number of thioether (sulfide) groups is 1. The number of hydrogen-bond donors (Lipinski definition) is 1. The summed E-state index contributed by atoms with van der Waals surface area (Å²) in [6, 6.07) is 14.2. The highest BCUT2D eigenvalue weighted by Gasteiger charge is 2.34. The van der Waals surface area contributed by atoms with Crippen LogP contribution in [0.4, 0.5) is 0 Å². The van der Waals surface area contributed by atoms with Crippen molar-refractivity contribution in [3.05, 3.63) is 59.2 Å². The summed E-state index contributed by atoms with van der Waals surface area (Å²) in [6.45, 7) is 6.16. The first-order chi connectivity index (χ1) is 12.9. The Bertz CT molecular complexity index is 802. The molecule has 1 N–H and O–H groups in total. The minimum atomic E-state index is -0.341. The average molecular weight is 386 g/mol. The maximum absolute atomic E-state index is 12.5. The van der Waals surface area contributed by atoms with E-state index in [-0.39, 0.29) is 17.6 Å². The third kappa shape index (κ3) is 5.19. The van der Waals surface area contributed by atoms with E-state index in [9.17, 15) is 4.79 Å². The van der Waals surface area contributed by atoms with Crippen LogP contribution in [-0.2, 0) is 10.5 Å². The Morgan fingerprint density at radius 1 is 1.26 bits per heavy atom. The van der Waals surface area contributed by atoms with Crippen molar-refractivity contribution in [2.24, 2.45) is 0 Å². The van der Waals surface area contributed by atoms with Gasteiger partial charge in [-0.2, -0.15) is 0 Å². The number of amides is 1. The fourth-order valence-corrected chi connectivity index (χ4v) is 4.07. The summed E-state index contributed by atoms with van der Waals surface area (Å²) in [7, 11) is 1.64. The summed E-state index contributed by atoms with van der Waals surface area (Å²) < 4.78 is 11.4. The van der Waals surface area contributed by atoms with E-state index >= 15 is 0 Å². The lowest BCUT2D eigenvalue weighted by Gasteiger charge is -2.38. The first-order valence-corrected chi connectivity index (χ1v) is 10.3. The molecule has 3 rings (SSSR count). The fraction of sp³-hybridized carbons (Fsp3) is 0.409. The second kappa shape index (κ2) is 8.26. The van der Waals surface area contributed by atoms with E-state index in [4.69, 9.17) is 9.47 Å². The maximum atomic E-state index is 12.5. The molecule has 1 amide bonds. The Labute approximate surface area is 165 Å². The van der Waals surface area contributed by atoms with Gasteiger partial charge in [0.2, 0.25) is 5.91 Å². The normalized spacial score (nSPS) is 17.6. The number of carbonyl (C=O) groups excluding carboxylic acids is 1. The number of carbonyl (C=O) groups is 1. The number of ether oxygens (including phenoxy) is 2. The van der Waals surface area contributed by atoms with Gasteiger partial charge in [-0.25, -0.2) is 0 Å². The average Bonchev–Trinajstić information content (AvgIpc) is 2.62. The summed E-state index contributed by atoms with van der Waals surface area (Å²) in [5, 5.41) is 3.18. The van der Waals surface area contributed by atoms with E-state index in [0.29, 0.717) is 5.75 Å². The Balaban J connectivity index is 1.60. The predicted molar refractivity (Wildman–Crippen MR) is 111 cm³/mol. The molecule has 0 aromatic heterocycles. The Morgan fingerprint density at radius 3 is 2.70 bits per heavy atom. The standard InChI is InChI=1S/C22H27NO3S/c1-15-5-7-16(8-6-15)13-27-14-21(24)23-19-12-22(2,3)26-20-11-17(25-4)9-10-18(19)20/h5-11,19H,12-14H2,1-4H3,(H,23,24)/t19-/m0/s1. The first-order valence-electron chi connectivity index (χ1n) is 9.16. The number of rotatable bonds is 6. The minimum absolute atomic E-state index is 0.0524. The summed E-state index contributed by atoms with van der Waals surface area (Å²) >= 11 is 1.63. The highest BCUT2D eigenvalue weighted by molar-refractivity contribution is 7.99. The number of fused-ring (bicyclic) bond motifs is 1. The zero-order valence-electron chi connectivity index (χ0n) is 16.4. The van der Waals surface area contributed by atoms with Gasteiger partial charge in [0.1, 0.15) is 17.1 Å². The predicted octanol–water partition coefficient (Wildman–Crippen LogP) is 4.66. The van der Waals surface area contributed by atoms with Crippen LogP contribution in [0.15, 0.2) is 42.5 Å². The molecule has 1 heterocycles. The molecule has 0 fully saturated rings. The molecule has 0 bridgehead atoms. The SMILES string of the molecule is COc1ccc2c(c1)OC(C)(C)C[C@@H]2NC(=O)CSCc1ccc(C)cc1. The van der Waals surface area contributed by atoms with Crippen LogP contribution in [0, 0.1) is 6.92 Å². The monoisotopic (exact) mass is 385 g/mol. The molecule has 1 aliphatic heterocycles. The van der Waals surface area contributed by atoms with Crippen LogP contribution in [0.1, 0.15) is 43.0 Å². The van der Waals surface area contributed by atoms with Crippen molar-refractivity contribution in [2.75, 3.05) is 12.9 Å². The van der Waals surface area contributed by atoms with E-state index in [1.165, 1.54) is 11.1 Å². The van der Waals surface area contributed by atoms with Crippen molar-refractivity contribution in [2.45, 2.75) is 44.6 Å². The zero-order valence-corrected chi connectivity index (χ0v) is 17.2. The topological polar surface area (TPSA) is 47.6 Å². The molecule has 1 aliphatic rings. The van der Waals surface area contributed by atoms with Gasteiger partial charge in [-0.05, 0) is 38.5 Å². The molecule has 0 radical (unpaired) electrons. The molecule has 1 atom stereocenters. The van der Waals surface area contributed by atoms with Crippen molar-refractivity contribution in [1.29, 1.82) is 0 Å². The van der Waals surface area contributed by atoms with E-state index in [0.717, 1.165) is 29.2 Å². The van der Waals surface area contributed by atoms with E-state index in [1.807, 2.05) is 32.0 Å². The molecule has 2 aromatic rings. The van der Waals surface area contributed by atoms with Crippen LogP contribution in [0.5, 0.6) is 11.5 Å². The fourth-order valence-electron chi connectivity index (χ4n) is 3.27. The molecular formula is C22H27NO3S. The van der Waals surface area contributed by atoms with E-state index in [2.05, 4.69) is 36.5 Å². The highest BCUT2D eigenvalue weighted by Crippen LogP contribution is 2.41. The molecule has 144 valence electrons. The third-order valence-electron chi connectivity index (χ3n) is 4.64. The van der Waals surface area contributed by atoms with Crippen LogP contribution < -0.4 is 14.8 Å². The van der Waals surface area contributed by atoms with Gasteiger partial charge in [-0.15, -0.1) is 11.8 Å². The molecule has 4 nitrogen and oxygen atoms in total. The highest BCUT2D eigenvalue weighted by atomic mass is 32.2. The van der Waals surface area contributed by atoms with Crippen LogP contribution >= 0.6 is 11.8 Å². The Kier molecular flexibility index (Phi) is 6.00. The van der Waals surface area contributed by atoms with Crippen molar-refractivity contribution in [3.8, 4) is 11.5 Å². The largest absolute Gasteiger partial charge is 0.497 e.